The Labute approximate surface area is 167 Å². The highest BCUT2D eigenvalue weighted by Crippen LogP contribution is 2.31. The van der Waals surface area contributed by atoms with Crippen molar-refractivity contribution in [1.29, 1.82) is 0 Å². The van der Waals surface area contributed by atoms with E-state index in [1.807, 2.05) is 18.2 Å². The monoisotopic (exact) mass is 402 g/mol. The van der Waals surface area contributed by atoms with Crippen LogP contribution in [-0.2, 0) is 10.0 Å². The summed E-state index contributed by atoms with van der Waals surface area (Å²) in [5, 5.41) is 0. The van der Waals surface area contributed by atoms with E-state index in [-0.39, 0.29) is 4.90 Å². The molecule has 7 heteroatoms. The van der Waals surface area contributed by atoms with Crippen molar-refractivity contribution >= 4 is 16.1 Å². The van der Waals surface area contributed by atoms with E-state index in [2.05, 4.69) is 29.2 Å². The fourth-order valence-corrected chi connectivity index (χ4v) is 4.74. The summed E-state index contributed by atoms with van der Waals surface area (Å²) in [6.45, 7) is 3.09. The second kappa shape index (κ2) is 9.23. The van der Waals surface area contributed by atoms with Crippen LogP contribution in [0.3, 0.4) is 0 Å². The van der Waals surface area contributed by atoms with Gasteiger partial charge in [-0.05, 0) is 17.7 Å². The molecule has 0 bridgehead atoms. The summed E-state index contributed by atoms with van der Waals surface area (Å²) in [6.07, 6.45) is 4.21. The number of piperazine rings is 1. The van der Waals surface area contributed by atoms with Gasteiger partial charge in [-0.3, -0.25) is 4.90 Å². The Morgan fingerprint density at radius 2 is 1.68 bits per heavy atom. The highest BCUT2D eigenvalue weighted by molar-refractivity contribution is 7.89. The molecule has 0 amide bonds. The number of rotatable bonds is 7. The lowest BCUT2D eigenvalue weighted by atomic mass is 10.2. The molecular formula is C21H26N2O4S. The number of nitrogens with zero attached hydrogens (tertiary/aromatic N) is 2. The van der Waals surface area contributed by atoms with Crippen molar-refractivity contribution in [3.63, 3.8) is 0 Å². The normalized spacial score (nSPS) is 16.4. The van der Waals surface area contributed by atoms with Crippen LogP contribution < -0.4 is 9.47 Å². The Morgan fingerprint density at radius 3 is 2.32 bits per heavy atom. The van der Waals surface area contributed by atoms with Crippen molar-refractivity contribution in [2.24, 2.45) is 0 Å². The van der Waals surface area contributed by atoms with Gasteiger partial charge in [0.2, 0.25) is 10.0 Å². The second-order valence-corrected chi connectivity index (χ2v) is 8.44. The maximum Gasteiger partial charge on any atom is 0.246 e. The van der Waals surface area contributed by atoms with E-state index in [0.29, 0.717) is 37.7 Å². The molecule has 1 aliphatic heterocycles. The molecule has 150 valence electrons. The molecule has 3 rings (SSSR count). The summed E-state index contributed by atoms with van der Waals surface area (Å²) >= 11 is 0. The summed E-state index contributed by atoms with van der Waals surface area (Å²) in [6, 6.07) is 14.9. The molecule has 0 aromatic heterocycles. The van der Waals surface area contributed by atoms with Crippen LogP contribution in [0.25, 0.3) is 6.08 Å². The van der Waals surface area contributed by atoms with E-state index < -0.39 is 10.0 Å². The van der Waals surface area contributed by atoms with Crippen LogP contribution in [-0.4, -0.2) is 64.6 Å². The van der Waals surface area contributed by atoms with Gasteiger partial charge in [0.15, 0.2) is 0 Å². The summed E-state index contributed by atoms with van der Waals surface area (Å²) < 4.78 is 38.0. The molecule has 1 fully saturated rings. The van der Waals surface area contributed by atoms with Crippen molar-refractivity contribution in [2.75, 3.05) is 46.9 Å². The first-order chi connectivity index (χ1) is 13.5. The first kappa shape index (κ1) is 20.4. The molecular weight excluding hydrogens is 376 g/mol. The van der Waals surface area contributed by atoms with Gasteiger partial charge in [0.25, 0.3) is 0 Å². The van der Waals surface area contributed by atoms with Crippen molar-refractivity contribution in [3.8, 4) is 11.5 Å². The molecule has 1 saturated heterocycles. The van der Waals surface area contributed by atoms with Crippen LogP contribution in [0.2, 0.25) is 0 Å². The largest absolute Gasteiger partial charge is 0.497 e. The van der Waals surface area contributed by atoms with Crippen molar-refractivity contribution in [1.82, 2.24) is 9.21 Å². The van der Waals surface area contributed by atoms with Crippen LogP contribution >= 0.6 is 0 Å². The molecule has 0 unspecified atom stereocenters. The molecule has 2 aromatic carbocycles. The summed E-state index contributed by atoms with van der Waals surface area (Å²) in [4.78, 5) is 2.42. The van der Waals surface area contributed by atoms with Crippen molar-refractivity contribution < 1.29 is 17.9 Å². The Balaban J connectivity index is 1.61. The number of hydrogen-bond donors (Lipinski definition) is 0. The van der Waals surface area contributed by atoms with Gasteiger partial charge >= 0.3 is 0 Å². The molecule has 28 heavy (non-hydrogen) atoms. The fourth-order valence-electron chi connectivity index (χ4n) is 3.18. The van der Waals surface area contributed by atoms with Gasteiger partial charge in [-0.15, -0.1) is 0 Å². The number of benzene rings is 2. The van der Waals surface area contributed by atoms with Gasteiger partial charge in [0.05, 0.1) is 14.2 Å². The zero-order chi connectivity index (χ0) is 20.0. The van der Waals surface area contributed by atoms with E-state index in [1.165, 1.54) is 18.5 Å². The molecule has 6 nitrogen and oxygen atoms in total. The van der Waals surface area contributed by atoms with Gasteiger partial charge in [-0.2, -0.15) is 4.31 Å². The minimum absolute atomic E-state index is 0.174. The van der Waals surface area contributed by atoms with Crippen LogP contribution in [0.1, 0.15) is 5.56 Å². The van der Waals surface area contributed by atoms with Crippen molar-refractivity contribution in [3.05, 3.63) is 60.2 Å². The first-order valence-corrected chi connectivity index (χ1v) is 10.6. The van der Waals surface area contributed by atoms with Crippen LogP contribution in [0, 0.1) is 0 Å². The highest BCUT2D eigenvalue weighted by atomic mass is 32.2. The Morgan fingerprint density at radius 1 is 0.964 bits per heavy atom. The highest BCUT2D eigenvalue weighted by Gasteiger charge is 2.30. The topological polar surface area (TPSA) is 59.1 Å². The third-order valence-electron chi connectivity index (χ3n) is 4.79. The van der Waals surface area contributed by atoms with E-state index in [4.69, 9.17) is 9.47 Å². The number of sulfonamides is 1. The predicted molar refractivity (Wildman–Crippen MR) is 110 cm³/mol. The van der Waals surface area contributed by atoms with Gasteiger partial charge in [0.1, 0.15) is 16.4 Å². The van der Waals surface area contributed by atoms with Gasteiger partial charge in [-0.25, -0.2) is 8.42 Å². The van der Waals surface area contributed by atoms with Gasteiger partial charge in [-0.1, -0.05) is 42.5 Å². The average molecular weight is 403 g/mol. The number of methoxy groups -OCH3 is 2. The summed E-state index contributed by atoms with van der Waals surface area (Å²) in [7, 11) is -0.609. The third kappa shape index (κ3) is 4.73. The summed E-state index contributed by atoms with van der Waals surface area (Å²) in [5.74, 6) is 0.860. The molecule has 0 atom stereocenters. The molecule has 0 spiro atoms. The fraction of sp³-hybridized carbons (Fsp3) is 0.333. The Hall–Kier alpha value is -2.35. The molecule has 0 aliphatic carbocycles. The van der Waals surface area contributed by atoms with E-state index in [9.17, 15) is 8.42 Å². The van der Waals surface area contributed by atoms with Gasteiger partial charge in [0, 0.05) is 38.8 Å². The first-order valence-electron chi connectivity index (χ1n) is 9.20. The maximum absolute atomic E-state index is 13.0. The lowest BCUT2D eigenvalue weighted by molar-refractivity contribution is 0.204. The molecule has 0 saturated carbocycles. The second-order valence-electron chi connectivity index (χ2n) is 6.53. The quantitative estimate of drug-likeness (QED) is 0.713. The number of ether oxygens (including phenoxy) is 2. The van der Waals surface area contributed by atoms with Crippen LogP contribution in [0.5, 0.6) is 11.5 Å². The molecule has 0 radical (unpaired) electrons. The Kier molecular flexibility index (Phi) is 6.72. The van der Waals surface area contributed by atoms with Crippen molar-refractivity contribution in [2.45, 2.75) is 4.90 Å². The summed E-state index contributed by atoms with van der Waals surface area (Å²) in [5.41, 5.74) is 1.16. The zero-order valence-electron chi connectivity index (χ0n) is 16.2. The molecule has 2 aromatic rings. The number of hydrogen-bond acceptors (Lipinski definition) is 5. The smallest absolute Gasteiger partial charge is 0.246 e. The van der Waals surface area contributed by atoms with Gasteiger partial charge < -0.3 is 9.47 Å². The Bertz CT molecular complexity index is 905. The maximum atomic E-state index is 13.0. The average Bonchev–Trinajstić information content (AvgIpc) is 2.74. The van der Waals surface area contributed by atoms with Crippen LogP contribution in [0.15, 0.2) is 59.5 Å². The SMILES string of the molecule is COc1ccc(S(=O)(=O)N2CCN(C/C=C/c3ccccc3)CC2)c(OC)c1. The van der Waals surface area contributed by atoms with E-state index in [1.54, 1.807) is 18.2 Å². The lowest BCUT2D eigenvalue weighted by Gasteiger charge is -2.33. The molecule has 1 heterocycles. The molecule has 1 aliphatic rings. The predicted octanol–water partition coefficient (Wildman–Crippen LogP) is 2.72. The lowest BCUT2D eigenvalue weighted by Crippen LogP contribution is -2.48. The van der Waals surface area contributed by atoms with E-state index >= 15 is 0 Å². The minimum atomic E-state index is -3.61. The zero-order valence-corrected chi connectivity index (χ0v) is 17.1. The third-order valence-corrected chi connectivity index (χ3v) is 6.73. The van der Waals surface area contributed by atoms with Crippen LogP contribution in [0.4, 0.5) is 0 Å². The standard InChI is InChI=1S/C21H26N2O4S/c1-26-19-10-11-21(20(17-19)27-2)28(24,25)23-15-13-22(14-16-23)12-6-9-18-7-4-3-5-8-18/h3-11,17H,12-16H2,1-2H3/b9-6+. The minimum Gasteiger partial charge on any atom is -0.497 e. The van der Waals surface area contributed by atoms with E-state index in [0.717, 1.165) is 12.1 Å². The molecule has 0 N–H and O–H groups in total.